The summed E-state index contributed by atoms with van der Waals surface area (Å²) in [6.07, 6.45) is 1.09. The van der Waals surface area contributed by atoms with E-state index < -0.39 is 11.4 Å². The van der Waals surface area contributed by atoms with Crippen LogP contribution in [0.2, 0.25) is 0 Å². The highest BCUT2D eigenvalue weighted by Crippen LogP contribution is 2.31. The van der Waals surface area contributed by atoms with Gasteiger partial charge in [-0.2, -0.15) is 5.26 Å². The number of aliphatic hydroxyl groups excluding tert-OH is 1. The number of nitrogens with zero attached hydrogens (tertiary/aromatic N) is 3. The Morgan fingerprint density at radius 1 is 1.08 bits per heavy atom. The molecular weight excluding hydrogens is 448 g/mol. The molecule has 1 amide bonds. The molecule has 1 aromatic heterocycles. The maximum atomic E-state index is 13.0. The average molecular weight is 487 g/mol. The number of aromatic nitrogens is 1. The number of amides is 1. The number of nitriles is 1. The van der Waals surface area contributed by atoms with Crippen LogP contribution in [0, 0.1) is 11.3 Å². The topological polar surface area (TPSA) is 81.3 Å². The average Bonchev–Trinajstić information content (AvgIpc) is 3.26. The summed E-state index contributed by atoms with van der Waals surface area (Å²) >= 11 is 0. The molecule has 36 heavy (non-hydrogen) atoms. The van der Waals surface area contributed by atoms with Gasteiger partial charge in [-0.1, -0.05) is 25.1 Å². The molecular formula is C30H38N4O2. The number of carbonyl (C=O) groups is 1. The third-order valence-electron chi connectivity index (χ3n) is 7.33. The van der Waals surface area contributed by atoms with Crippen LogP contribution in [0.1, 0.15) is 53.2 Å². The Morgan fingerprint density at radius 3 is 2.36 bits per heavy atom. The Bertz CT molecular complexity index is 1310. The van der Waals surface area contributed by atoms with E-state index in [0.29, 0.717) is 18.4 Å². The van der Waals surface area contributed by atoms with Crippen molar-refractivity contribution in [3.63, 3.8) is 0 Å². The third kappa shape index (κ3) is 5.47. The van der Waals surface area contributed by atoms with Crippen molar-refractivity contribution in [3.8, 4) is 17.3 Å². The molecule has 0 aliphatic heterocycles. The SMILES string of the molecule is CCN(CC)c1ccc2cc(-c3ccc(/C(C)=C(\C#N)C(=O)NC(C)(CC)CCO)n3C)ccc2c1. The number of nitrogens with one attached hydrogen (secondary N) is 1. The largest absolute Gasteiger partial charge is 0.396 e. The minimum Gasteiger partial charge on any atom is -0.396 e. The molecule has 2 aromatic carbocycles. The second kappa shape index (κ2) is 11.5. The molecule has 1 atom stereocenters. The predicted molar refractivity (Wildman–Crippen MR) is 149 cm³/mol. The number of rotatable bonds is 10. The molecule has 0 aliphatic rings. The van der Waals surface area contributed by atoms with Crippen LogP contribution in [0.5, 0.6) is 0 Å². The van der Waals surface area contributed by atoms with Crippen LogP contribution in [0.3, 0.4) is 0 Å². The number of benzene rings is 2. The quantitative estimate of drug-likeness (QED) is 0.286. The van der Waals surface area contributed by atoms with Gasteiger partial charge in [0.15, 0.2) is 0 Å². The highest BCUT2D eigenvalue weighted by atomic mass is 16.3. The van der Waals surface area contributed by atoms with Gasteiger partial charge in [0.05, 0.1) is 0 Å². The fourth-order valence-electron chi connectivity index (χ4n) is 4.70. The van der Waals surface area contributed by atoms with E-state index in [4.69, 9.17) is 0 Å². The van der Waals surface area contributed by atoms with Gasteiger partial charge in [-0.3, -0.25) is 4.79 Å². The third-order valence-corrected chi connectivity index (χ3v) is 7.33. The minimum absolute atomic E-state index is 0.0289. The van der Waals surface area contributed by atoms with Crippen LogP contribution in [0.25, 0.3) is 27.6 Å². The fraction of sp³-hybridized carbons (Fsp3) is 0.400. The van der Waals surface area contributed by atoms with Gasteiger partial charge < -0.3 is 19.9 Å². The van der Waals surface area contributed by atoms with Crippen LogP contribution < -0.4 is 10.2 Å². The van der Waals surface area contributed by atoms with E-state index in [2.05, 4.69) is 66.5 Å². The van der Waals surface area contributed by atoms with E-state index in [0.717, 1.165) is 30.0 Å². The van der Waals surface area contributed by atoms with E-state index in [1.807, 2.05) is 44.5 Å². The maximum Gasteiger partial charge on any atom is 0.262 e. The van der Waals surface area contributed by atoms with Gasteiger partial charge in [0.1, 0.15) is 11.6 Å². The summed E-state index contributed by atoms with van der Waals surface area (Å²) in [5.74, 6) is -0.412. The summed E-state index contributed by atoms with van der Waals surface area (Å²) in [5.41, 5.74) is 4.26. The molecule has 190 valence electrons. The number of carbonyl (C=O) groups excluding carboxylic acids is 1. The molecule has 1 heterocycles. The smallest absolute Gasteiger partial charge is 0.262 e. The normalized spacial score (nSPS) is 13.6. The lowest BCUT2D eigenvalue weighted by atomic mass is 9.94. The monoisotopic (exact) mass is 486 g/mol. The molecule has 0 aliphatic carbocycles. The summed E-state index contributed by atoms with van der Waals surface area (Å²) in [5, 5.41) is 24.5. The molecule has 6 heteroatoms. The van der Waals surface area contributed by atoms with Gasteiger partial charge >= 0.3 is 0 Å². The van der Waals surface area contributed by atoms with Gasteiger partial charge in [0.25, 0.3) is 5.91 Å². The van der Waals surface area contributed by atoms with Crippen LogP contribution >= 0.6 is 0 Å². The summed E-state index contributed by atoms with van der Waals surface area (Å²) in [6, 6.07) is 19.1. The zero-order valence-corrected chi connectivity index (χ0v) is 22.4. The first-order valence-electron chi connectivity index (χ1n) is 12.7. The van der Waals surface area contributed by atoms with Crippen molar-refractivity contribution in [1.82, 2.24) is 9.88 Å². The lowest BCUT2D eigenvalue weighted by Gasteiger charge is -2.29. The Morgan fingerprint density at radius 2 is 1.75 bits per heavy atom. The first-order valence-corrected chi connectivity index (χ1v) is 12.7. The van der Waals surface area contributed by atoms with Crippen LogP contribution in [-0.2, 0) is 11.8 Å². The second-order valence-corrected chi connectivity index (χ2v) is 9.54. The Labute approximate surface area is 214 Å². The first-order chi connectivity index (χ1) is 17.2. The van der Waals surface area contributed by atoms with E-state index in [1.165, 1.54) is 16.5 Å². The highest BCUT2D eigenvalue weighted by Gasteiger charge is 2.26. The van der Waals surface area contributed by atoms with E-state index in [1.54, 1.807) is 0 Å². The van der Waals surface area contributed by atoms with Crippen LogP contribution in [0.15, 0.2) is 54.1 Å². The molecule has 1 unspecified atom stereocenters. The summed E-state index contributed by atoms with van der Waals surface area (Å²) in [4.78, 5) is 15.3. The summed E-state index contributed by atoms with van der Waals surface area (Å²) in [7, 11) is 1.96. The minimum atomic E-state index is -0.566. The van der Waals surface area contributed by atoms with Crippen molar-refractivity contribution >= 4 is 27.9 Å². The summed E-state index contributed by atoms with van der Waals surface area (Å²) in [6.45, 7) is 11.9. The van der Waals surface area contributed by atoms with Crippen molar-refractivity contribution in [2.45, 2.75) is 53.0 Å². The molecule has 0 radical (unpaired) electrons. The van der Waals surface area contributed by atoms with E-state index in [9.17, 15) is 15.2 Å². The van der Waals surface area contributed by atoms with Crippen molar-refractivity contribution in [2.75, 3.05) is 24.6 Å². The lowest BCUT2D eigenvalue weighted by Crippen LogP contribution is -2.46. The molecule has 0 saturated carbocycles. The molecule has 0 bridgehead atoms. The van der Waals surface area contributed by atoms with Crippen molar-refractivity contribution in [2.24, 2.45) is 7.05 Å². The zero-order chi connectivity index (χ0) is 26.5. The van der Waals surface area contributed by atoms with Gasteiger partial charge in [0, 0.05) is 49.4 Å². The molecule has 0 fully saturated rings. The standard InChI is InChI=1S/C30H38N4O2/c1-7-30(5,16-17-35)32-29(36)26(20-31)21(4)27-14-15-28(33(27)6)24-11-10-23-19-25(34(8-2)9-3)13-12-22(23)18-24/h10-15,18-19,35H,7-9,16-17H2,1-6H3,(H,32,36)/b26-21+. The number of aliphatic hydroxyl groups is 1. The Hall–Kier alpha value is -3.56. The van der Waals surface area contributed by atoms with Crippen molar-refractivity contribution in [3.05, 3.63) is 59.8 Å². The van der Waals surface area contributed by atoms with Gasteiger partial charge in [-0.25, -0.2) is 0 Å². The van der Waals surface area contributed by atoms with E-state index in [-0.39, 0.29) is 12.2 Å². The van der Waals surface area contributed by atoms with Gasteiger partial charge in [-0.05, 0) is 92.8 Å². The van der Waals surface area contributed by atoms with Crippen LogP contribution in [-0.4, -0.2) is 40.8 Å². The highest BCUT2D eigenvalue weighted by molar-refractivity contribution is 6.04. The number of allylic oxidation sites excluding steroid dienone is 1. The number of fused-ring (bicyclic) bond motifs is 1. The fourth-order valence-corrected chi connectivity index (χ4v) is 4.70. The predicted octanol–water partition coefficient (Wildman–Crippen LogP) is 5.66. The molecule has 0 spiro atoms. The van der Waals surface area contributed by atoms with Crippen molar-refractivity contribution in [1.29, 1.82) is 5.26 Å². The zero-order valence-electron chi connectivity index (χ0n) is 22.4. The Kier molecular flexibility index (Phi) is 8.60. The molecule has 3 rings (SSSR count). The maximum absolute atomic E-state index is 13.0. The molecule has 2 N–H and O–H groups in total. The number of hydrogen-bond acceptors (Lipinski definition) is 4. The summed E-state index contributed by atoms with van der Waals surface area (Å²) < 4.78 is 2.03. The number of anilines is 1. The van der Waals surface area contributed by atoms with E-state index >= 15 is 0 Å². The molecule has 0 saturated heterocycles. The molecule has 3 aromatic rings. The number of hydrogen-bond donors (Lipinski definition) is 2. The first kappa shape index (κ1) is 27.0. The van der Waals surface area contributed by atoms with Crippen LogP contribution in [0.4, 0.5) is 5.69 Å². The second-order valence-electron chi connectivity index (χ2n) is 9.54. The van der Waals surface area contributed by atoms with Crippen molar-refractivity contribution < 1.29 is 9.90 Å². The molecule has 6 nitrogen and oxygen atoms in total. The van der Waals surface area contributed by atoms with Gasteiger partial charge in [-0.15, -0.1) is 0 Å². The Balaban J connectivity index is 1.96. The lowest BCUT2D eigenvalue weighted by molar-refractivity contribution is -0.119. The van der Waals surface area contributed by atoms with Gasteiger partial charge in [0.2, 0.25) is 0 Å².